The predicted octanol–water partition coefficient (Wildman–Crippen LogP) is 7.75. The Labute approximate surface area is 250 Å². The number of anilines is 1. The fourth-order valence-corrected chi connectivity index (χ4v) is 5.51. The van der Waals surface area contributed by atoms with Gasteiger partial charge in [-0.05, 0) is 98.3 Å². The summed E-state index contributed by atoms with van der Waals surface area (Å²) in [7, 11) is 2.67. The Kier molecular flexibility index (Phi) is 8.89. The van der Waals surface area contributed by atoms with Crippen molar-refractivity contribution >= 4 is 17.6 Å². The highest BCUT2D eigenvalue weighted by Gasteiger charge is 2.41. The monoisotopic (exact) mass is 624 g/mol. The molecule has 2 atom stereocenters. The van der Waals surface area contributed by atoms with E-state index in [-0.39, 0.29) is 12.1 Å². The molecule has 0 aromatic heterocycles. The third-order valence-corrected chi connectivity index (χ3v) is 8.04. The number of ether oxygens (including phenoxy) is 1. The molecule has 44 heavy (non-hydrogen) atoms. The second kappa shape index (κ2) is 11.9. The quantitative estimate of drug-likeness (QED) is 0.225. The molecule has 4 rings (SSSR count). The van der Waals surface area contributed by atoms with Crippen LogP contribution in [0.1, 0.15) is 60.5 Å². The molecule has 0 bridgehead atoms. The smallest absolute Gasteiger partial charge is 0.416 e. The number of carbonyl (C=O) groups is 2. The van der Waals surface area contributed by atoms with Crippen molar-refractivity contribution in [2.24, 2.45) is 0 Å². The summed E-state index contributed by atoms with van der Waals surface area (Å²) in [6.45, 7) is 4.19. The number of aryl methyl sites for hydroxylation is 1. The molecule has 0 unspecified atom stereocenters. The highest BCUT2D eigenvalue weighted by atomic mass is 19.4. The van der Waals surface area contributed by atoms with E-state index in [2.05, 4.69) is 5.32 Å². The number of hydrogen-bond donors (Lipinski definition) is 1. The van der Waals surface area contributed by atoms with Crippen LogP contribution >= 0.6 is 0 Å². The molecule has 1 saturated heterocycles. The van der Waals surface area contributed by atoms with Crippen LogP contribution in [0.25, 0.3) is 11.1 Å². The standard InChI is InChI=1S/C32H31F7N2O3/c1-17-12-22(33)7-8-23(17)24-13-18(25-9-10-26(40-25)28(42)44-5)6-11-27(24)41(4)29(43)30(2,3)19-14-20(31(34,35)36)16-21(15-19)32(37,38)39/h6-8,11-16,25-26,40H,9-10H2,1-5H3/t25-,26+/m1/s1. The number of halogens is 7. The van der Waals surface area contributed by atoms with Crippen LogP contribution in [-0.4, -0.2) is 32.1 Å². The number of esters is 1. The Balaban J connectivity index is 1.80. The van der Waals surface area contributed by atoms with Gasteiger partial charge in [0.1, 0.15) is 11.9 Å². The molecular weight excluding hydrogens is 593 g/mol. The lowest BCUT2D eigenvalue weighted by Crippen LogP contribution is -2.42. The van der Waals surface area contributed by atoms with E-state index in [1.807, 2.05) is 0 Å². The number of nitrogens with one attached hydrogen (secondary N) is 1. The average Bonchev–Trinajstić information content (AvgIpc) is 3.45. The second-order valence-corrected chi connectivity index (χ2v) is 11.4. The van der Waals surface area contributed by atoms with Gasteiger partial charge in [0.05, 0.1) is 29.3 Å². The molecular formula is C32H31F7N2O3. The number of benzene rings is 3. The van der Waals surface area contributed by atoms with E-state index >= 15 is 0 Å². The summed E-state index contributed by atoms with van der Waals surface area (Å²) in [5, 5.41) is 3.21. The molecule has 1 amide bonds. The number of hydrogen-bond acceptors (Lipinski definition) is 4. The van der Waals surface area contributed by atoms with Gasteiger partial charge in [0.25, 0.3) is 0 Å². The third kappa shape index (κ3) is 6.59. The Morgan fingerprint density at radius 1 is 0.841 bits per heavy atom. The summed E-state index contributed by atoms with van der Waals surface area (Å²) in [6.07, 6.45) is -9.04. The molecule has 1 heterocycles. The van der Waals surface area contributed by atoms with Gasteiger partial charge in [0.15, 0.2) is 0 Å². The number of amides is 1. The van der Waals surface area contributed by atoms with Crippen LogP contribution in [0.4, 0.5) is 36.4 Å². The molecule has 3 aromatic carbocycles. The van der Waals surface area contributed by atoms with Crippen LogP contribution in [-0.2, 0) is 32.1 Å². The maximum atomic E-state index is 14.0. The van der Waals surface area contributed by atoms with Crippen molar-refractivity contribution in [1.29, 1.82) is 0 Å². The first kappa shape index (κ1) is 33.0. The lowest BCUT2D eigenvalue weighted by atomic mass is 9.81. The number of rotatable bonds is 6. The summed E-state index contributed by atoms with van der Waals surface area (Å²) in [5.74, 6) is -1.67. The molecule has 0 aliphatic carbocycles. The van der Waals surface area contributed by atoms with Gasteiger partial charge in [0, 0.05) is 18.7 Å². The molecule has 1 aliphatic rings. The SMILES string of the molecule is COC(=O)[C@@H]1CC[C@H](c2ccc(N(C)C(=O)C(C)(C)c3cc(C(F)(F)F)cc(C(F)(F)F)c3)c(-c3ccc(F)cc3C)c2)N1. The van der Waals surface area contributed by atoms with E-state index in [1.165, 1.54) is 51.1 Å². The largest absolute Gasteiger partial charge is 0.468 e. The van der Waals surface area contributed by atoms with Crippen LogP contribution in [0.3, 0.4) is 0 Å². The molecule has 3 aromatic rings. The number of carbonyl (C=O) groups excluding carboxylic acids is 2. The molecule has 0 spiro atoms. The van der Waals surface area contributed by atoms with Crippen LogP contribution in [0.15, 0.2) is 54.6 Å². The molecule has 236 valence electrons. The molecule has 0 saturated carbocycles. The third-order valence-electron chi connectivity index (χ3n) is 8.04. The van der Waals surface area contributed by atoms with Crippen molar-refractivity contribution in [3.63, 3.8) is 0 Å². The molecule has 12 heteroatoms. The van der Waals surface area contributed by atoms with E-state index in [1.54, 1.807) is 25.1 Å². The van der Waals surface area contributed by atoms with E-state index in [4.69, 9.17) is 4.74 Å². The van der Waals surface area contributed by atoms with Gasteiger partial charge in [-0.1, -0.05) is 12.1 Å². The fourth-order valence-electron chi connectivity index (χ4n) is 5.51. The first-order valence-electron chi connectivity index (χ1n) is 13.7. The van der Waals surface area contributed by atoms with Crippen molar-refractivity contribution in [1.82, 2.24) is 5.32 Å². The summed E-state index contributed by atoms with van der Waals surface area (Å²) < 4.78 is 100. The molecule has 1 fully saturated rings. The fraction of sp³-hybridized carbons (Fsp3) is 0.375. The second-order valence-electron chi connectivity index (χ2n) is 11.4. The van der Waals surface area contributed by atoms with Crippen molar-refractivity contribution in [3.05, 3.63) is 88.2 Å². The van der Waals surface area contributed by atoms with Crippen molar-refractivity contribution in [2.45, 2.75) is 63.5 Å². The maximum absolute atomic E-state index is 14.0. The van der Waals surface area contributed by atoms with Crippen LogP contribution in [0.2, 0.25) is 0 Å². The topological polar surface area (TPSA) is 58.6 Å². The highest BCUT2D eigenvalue weighted by Crippen LogP contribution is 2.42. The normalized spacial score (nSPS) is 17.5. The van der Waals surface area contributed by atoms with Crippen molar-refractivity contribution in [3.8, 4) is 11.1 Å². The molecule has 0 radical (unpaired) electrons. The molecule has 1 N–H and O–H groups in total. The lowest BCUT2D eigenvalue weighted by Gasteiger charge is -2.32. The van der Waals surface area contributed by atoms with Gasteiger partial charge in [-0.25, -0.2) is 4.39 Å². The first-order chi connectivity index (χ1) is 20.3. The molecule has 5 nitrogen and oxygen atoms in total. The van der Waals surface area contributed by atoms with Crippen LogP contribution < -0.4 is 10.2 Å². The van der Waals surface area contributed by atoms with E-state index in [0.717, 1.165) is 5.56 Å². The van der Waals surface area contributed by atoms with Gasteiger partial charge in [-0.2, -0.15) is 26.3 Å². The summed E-state index contributed by atoms with van der Waals surface area (Å²) in [4.78, 5) is 27.2. The van der Waals surface area contributed by atoms with Crippen LogP contribution in [0.5, 0.6) is 0 Å². The predicted molar refractivity (Wildman–Crippen MR) is 150 cm³/mol. The van der Waals surface area contributed by atoms with Crippen molar-refractivity contribution < 1.29 is 45.1 Å². The Morgan fingerprint density at radius 2 is 1.43 bits per heavy atom. The summed E-state index contributed by atoms with van der Waals surface area (Å²) >= 11 is 0. The van der Waals surface area contributed by atoms with Gasteiger partial charge in [0.2, 0.25) is 5.91 Å². The Hall–Kier alpha value is -3.93. The minimum Gasteiger partial charge on any atom is -0.468 e. The zero-order valence-electron chi connectivity index (χ0n) is 24.6. The number of nitrogens with zero attached hydrogens (tertiary/aromatic N) is 1. The van der Waals surface area contributed by atoms with E-state index < -0.39 is 58.2 Å². The maximum Gasteiger partial charge on any atom is 0.416 e. The first-order valence-corrected chi connectivity index (χ1v) is 13.7. The van der Waals surface area contributed by atoms with Gasteiger partial charge >= 0.3 is 18.3 Å². The lowest BCUT2D eigenvalue weighted by molar-refractivity contribution is -0.144. The summed E-state index contributed by atoms with van der Waals surface area (Å²) in [5.41, 5.74) is -2.71. The number of methoxy groups -OCH3 is 1. The average molecular weight is 625 g/mol. The van der Waals surface area contributed by atoms with Gasteiger partial charge < -0.3 is 9.64 Å². The van der Waals surface area contributed by atoms with Crippen LogP contribution in [0, 0.1) is 12.7 Å². The van der Waals surface area contributed by atoms with E-state index in [9.17, 15) is 40.3 Å². The minimum absolute atomic E-state index is 0.0176. The van der Waals surface area contributed by atoms with Gasteiger partial charge in [-0.15, -0.1) is 0 Å². The molecule has 1 aliphatic heterocycles. The van der Waals surface area contributed by atoms with Crippen molar-refractivity contribution in [2.75, 3.05) is 19.1 Å². The zero-order valence-corrected chi connectivity index (χ0v) is 24.6. The number of likely N-dealkylation sites (N-methyl/N-ethyl adjacent to an activating group) is 1. The Morgan fingerprint density at radius 3 is 1.98 bits per heavy atom. The highest BCUT2D eigenvalue weighted by molar-refractivity contribution is 6.03. The minimum atomic E-state index is -5.08. The van der Waals surface area contributed by atoms with Gasteiger partial charge in [-0.3, -0.25) is 14.9 Å². The zero-order chi connectivity index (χ0) is 32.8. The van der Waals surface area contributed by atoms with E-state index in [0.29, 0.717) is 47.4 Å². The number of alkyl halides is 6. The summed E-state index contributed by atoms with van der Waals surface area (Å²) in [6, 6.07) is 9.54. The Bertz CT molecular complexity index is 1550.